The van der Waals surface area contributed by atoms with Crippen LogP contribution >= 0.6 is 0 Å². The summed E-state index contributed by atoms with van der Waals surface area (Å²) in [5, 5.41) is 0. The number of Topliss-reactive ketones (excluding diaryl/α,β-unsaturated/α-hetero) is 3. The zero-order valence-electron chi connectivity index (χ0n) is 16.9. The van der Waals surface area contributed by atoms with Gasteiger partial charge in [0.1, 0.15) is 5.78 Å². The van der Waals surface area contributed by atoms with Gasteiger partial charge in [0, 0.05) is 23.1 Å². The Bertz CT molecular complexity index is 581. The van der Waals surface area contributed by atoms with Gasteiger partial charge in [0.05, 0.1) is 7.11 Å². The van der Waals surface area contributed by atoms with Gasteiger partial charge in [0.25, 0.3) is 0 Å². The summed E-state index contributed by atoms with van der Waals surface area (Å²) in [5.41, 5.74) is 1.73. The van der Waals surface area contributed by atoms with Crippen LogP contribution in [0.3, 0.4) is 0 Å². The van der Waals surface area contributed by atoms with Crippen molar-refractivity contribution in [1.29, 1.82) is 0 Å². The molecule has 0 unspecified atom stereocenters. The average Bonchev–Trinajstić information content (AvgIpc) is 2.61. The number of hydrogen-bond acceptors (Lipinski definition) is 4. The number of ketones is 3. The van der Waals surface area contributed by atoms with Crippen LogP contribution in [0, 0.1) is 0 Å². The fraction of sp³-hybridized carbons (Fsp3) is 0.682. The van der Waals surface area contributed by atoms with Crippen LogP contribution in [-0.4, -0.2) is 24.5 Å². The van der Waals surface area contributed by atoms with Crippen LogP contribution in [0.4, 0.5) is 0 Å². The minimum atomic E-state index is -0.105. The first-order valence-corrected chi connectivity index (χ1v) is 9.99. The lowest BCUT2D eigenvalue weighted by Gasteiger charge is -2.20. The quantitative estimate of drug-likeness (QED) is 0.331. The molecule has 0 amide bonds. The maximum atomic E-state index is 12.6. The molecule has 0 aromatic heterocycles. The van der Waals surface area contributed by atoms with Gasteiger partial charge in [-0.2, -0.15) is 0 Å². The first kappa shape index (κ1) is 22.3. The highest BCUT2D eigenvalue weighted by Gasteiger charge is 2.31. The third-order valence-corrected chi connectivity index (χ3v) is 5.09. The Morgan fingerprint density at radius 2 is 1.38 bits per heavy atom. The van der Waals surface area contributed by atoms with Gasteiger partial charge in [-0.15, -0.1) is 0 Å². The summed E-state index contributed by atoms with van der Waals surface area (Å²) in [6.45, 7) is 5.28. The van der Waals surface area contributed by atoms with E-state index in [4.69, 9.17) is 4.74 Å². The molecule has 146 valence electrons. The van der Waals surface area contributed by atoms with Crippen LogP contribution in [0.1, 0.15) is 91.4 Å². The molecule has 0 bridgehead atoms. The standard InChI is InChI=1S/C22H34O4/c1-5-18-20(24)17(3)19(21(25)22(18)26-4)15-13-11-9-7-6-8-10-12-14-16(2)23/h5-15H2,1-4H3. The molecule has 26 heavy (non-hydrogen) atoms. The highest BCUT2D eigenvalue weighted by Crippen LogP contribution is 2.29. The maximum absolute atomic E-state index is 12.6. The lowest BCUT2D eigenvalue weighted by molar-refractivity contribution is -0.119. The van der Waals surface area contributed by atoms with Crippen molar-refractivity contribution in [3.63, 3.8) is 0 Å². The number of hydrogen-bond donors (Lipinski definition) is 0. The number of rotatable bonds is 13. The predicted molar refractivity (Wildman–Crippen MR) is 104 cm³/mol. The zero-order chi connectivity index (χ0) is 19.5. The molecule has 0 saturated heterocycles. The molecule has 4 nitrogen and oxygen atoms in total. The molecule has 0 aliphatic heterocycles. The topological polar surface area (TPSA) is 60.4 Å². The van der Waals surface area contributed by atoms with E-state index in [2.05, 4.69) is 0 Å². The molecule has 1 rings (SSSR count). The maximum Gasteiger partial charge on any atom is 0.224 e. The van der Waals surface area contributed by atoms with E-state index in [0.717, 1.165) is 32.1 Å². The average molecular weight is 363 g/mol. The van der Waals surface area contributed by atoms with Crippen molar-refractivity contribution in [2.45, 2.75) is 91.4 Å². The molecule has 0 atom stereocenters. The van der Waals surface area contributed by atoms with E-state index in [9.17, 15) is 14.4 Å². The molecule has 4 heteroatoms. The van der Waals surface area contributed by atoms with Crippen molar-refractivity contribution in [2.75, 3.05) is 7.11 Å². The number of unbranched alkanes of at least 4 members (excludes halogenated alkanes) is 7. The Labute approximate surface area is 158 Å². The largest absolute Gasteiger partial charge is 0.492 e. The molecule has 0 aromatic rings. The second-order valence-corrected chi connectivity index (χ2v) is 7.16. The normalized spacial score (nSPS) is 15.1. The molecule has 0 aromatic carbocycles. The first-order chi connectivity index (χ1) is 12.4. The van der Waals surface area contributed by atoms with Crippen molar-refractivity contribution < 1.29 is 19.1 Å². The molecular formula is C22H34O4. The highest BCUT2D eigenvalue weighted by atomic mass is 16.5. The molecular weight excluding hydrogens is 328 g/mol. The Hall–Kier alpha value is -1.71. The predicted octanol–water partition coefficient (Wildman–Crippen LogP) is 5.26. The summed E-state index contributed by atoms with van der Waals surface area (Å²) in [4.78, 5) is 35.9. The van der Waals surface area contributed by atoms with Crippen molar-refractivity contribution in [3.05, 3.63) is 22.5 Å². The van der Waals surface area contributed by atoms with Crippen LogP contribution < -0.4 is 0 Å². The van der Waals surface area contributed by atoms with Crippen molar-refractivity contribution in [3.8, 4) is 0 Å². The minimum absolute atomic E-state index is 0.0375. The molecule has 0 heterocycles. The zero-order valence-corrected chi connectivity index (χ0v) is 16.9. The van der Waals surface area contributed by atoms with Gasteiger partial charge >= 0.3 is 0 Å². The van der Waals surface area contributed by atoms with Gasteiger partial charge in [-0.3, -0.25) is 9.59 Å². The van der Waals surface area contributed by atoms with Gasteiger partial charge < -0.3 is 9.53 Å². The van der Waals surface area contributed by atoms with E-state index < -0.39 is 0 Å². The lowest BCUT2D eigenvalue weighted by Crippen LogP contribution is -2.24. The molecule has 0 saturated carbocycles. The van der Waals surface area contributed by atoms with Gasteiger partial charge in [-0.25, -0.2) is 0 Å². The van der Waals surface area contributed by atoms with Gasteiger partial charge in [-0.05, 0) is 39.5 Å². The summed E-state index contributed by atoms with van der Waals surface area (Å²) in [6.07, 6.45) is 10.7. The van der Waals surface area contributed by atoms with Crippen molar-refractivity contribution >= 4 is 17.3 Å². The molecule has 1 aliphatic carbocycles. The van der Waals surface area contributed by atoms with Crippen molar-refractivity contribution in [2.24, 2.45) is 0 Å². The Morgan fingerprint density at radius 3 is 1.88 bits per heavy atom. The molecule has 1 aliphatic rings. The second kappa shape index (κ2) is 11.8. The van der Waals surface area contributed by atoms with E-state index >= 15 is 0 Å². The summed E-state index contributed by atoms with van der Waals surface area (Å²) in [6, 6.07) is 0. The highest BCUT2D eigenvalue weighted by molar-refractivity contribution is 6.24. The van der Waals surface area contributed by atoms with E-state index in [1.165, 1.54) is 26.4 Å². The van der Waals surface area contributed by atoms with Crippen LogP contribution in [0.25, 0.3) is 0 Å². The number of carbonyl (C=O) groups excluding carboxylic acids is 3. The summed E-state index contributed by atoms with van der Waals surface area (Å²) >= 11 is 0. The lowest BCUT2D eigenvalue weighted by atomic mass is 9.85. The number of ether oxygens (including phenoxy) is 1. The van der Waals surface area contributed by atoms with Crippen LogP contribution in [0.5, 0.6) is 0 Å². The third kappa shape index (κ3) is 6.54. The molecule has 0 spiro atoms. The summed E-state index contributed by atoms with van der Waals surface area (Å²) in [5.74, 6) is 0.378. The van der Waals surface area contributed by atoms with Gasteiger partial charge in [-0.1, -0.05) is 45.4 Å². The fourth-order valence-electron chi connectivity index (χ4n) is 3.49. The third-order valence-electron chi connectivity index (χ3n) is 5.09. The molecule has 0 radical (unpaired) electrons. The van der Waals surface area contributed by atoms with Crippen LogP contribution in [0.15, 0.2) is 22.5 Å². The van der Waals surface area contributed by atoms with Crippen LogP contribution in [0.2, 0.25) is 0 Å². The summed E-state index contributed by atoms with van der Waals surface area (Å²) in [7, 11) is 1.46. The van der Waals surface area contributed by atoms with E-state index in [1.54, 1.807) is 13.8 Å². The number of allylic oxidation sites excluding steroid dienone is 3. The van der Waals surface area contributed by atoms with Gasteiger partial charge in [0.2, 0.25) is 5.78 Å². The van der Waals surface area contributed by atoms with Crippen molar-refractivity contribution in [1.82, 2.24) is 0 Å². The van der Waals surface area contributed by atoms with E-state index in [1.807, 2.05) is 6.92 Å². The van der Waals surface area contributed by atoms with Gasteiger partial charge in [0.15, 0.2) is 11.5 Å². The molecule has 0 fully saturated rings. The Kier molecular flexibility index (Phi) is 10.2. The van der Waals surface area contributed by atoms with Crippen LogP contribution in [-0.2, 0) is 19.1 Å². The Morgan fingerprint density at radius 1 is 0.846 bits per heavy atom. The monoisotopic (exact) mass is 362 g/mol. The smallest absolute Gasteiger partial charge is 0.224 e. The Balaban J connectivity index is 2.31. The SMILES string of the molecule is CCC1=C(OC)C(=O)C(CCCCCCCCCCC(C)=O)=C(C)C1=O. The summed E-state index contributed by atoms with van der Waals surface area (Å²) < 4.78 is 5.22. The first-order valence-electron chi connectivity index (χ1n) is 9.99. The second-order valence-electron chi connectivity index (χ2n) is 7.16. The van der Waals surface area contributed by atoms with E-state index in [-0.39, 0.29) is 23.1 Å². The minimum Gasteiger partial charge on any atom is -0.492 e. The number of carbonyl (C=O) groups is 3. The van der Waals surface area contributed by atoms with E-state index in [0.29, 0.717) is 36.0 Å². The number of methoxy groups -OCH3 is 1. The fourth-order valence-corrected chi connectivity index (χ4v) is 3.49. The molecule has 0 N–H and O–H groups in total.